The second-order valence-electron chi connectivity index (χ2n) is 7.75. The van der Waals surface area contributed by atoms with Gasteiger partial charge in [0.05, 0.1) is 10.7 Å². The Kier molecular flexibility index (Phi) is 5.69. The third kappa shape index (κ3) is 3.81. The van der Waals surface area contributed by atoms with Crippen molar-refractivity contribution in [3.05, 3.63) is 58.1 Å². The number of benzene rings is 2. The van der Waals surface area contributed by atoms with Crippen LogP contribution in [0.1, 0.15) is 47.2 Å². The van der Waals surface area contributed by atoms with Gasteiger partial charge < -0.3 is 4.90 Å². The number of sulfonamides is 1. The monoisotopic (exact) mass is 432 g/mol. The van der Waals surface area contributed by atoms with Gasteiger partial charge in [-0.25, -0.2) is 8.42 Å². The predicted octanol–water partition coefficient (Wildman–Crippen LogP) is 4.42. The van der Waals surface area contributed by atoms with E-state index in [0.29, 0.717) is 25.2 Å². The number of fused-ring (bicyclic) bond motifs is 1. The second kappa shape index (κ2) is 8.09. The summed E-state index contributed by atoms with van der Waals surface area (Å²) in [5.41, 5.74) is 3.49. The summed E-state index contributed by atoms with van der Waals surface area (Å²) in [6.07, 6.45) is 4.55. The molecule has 0 unspecified atom stereocenters. The van der Waals surface area contributed by atoms with E-state index in [0.717, 1.165) is 48.9 Å². The van der Waals surface area contributed by atoms with E-state index in [1.807, 2.05) is 19.1 Å². The van der Waals surface area contributed by atoms with E-state index in [1.54, 1.807) is 11.0 Å². The van der Waals surface area contributed by atoms with Crippen molar-refractivity contribution >= 4 is 33.2 Å². The maximum Gasteiger partial charge on any atom is 0.258 e. The van der Waals surface area contributed by atoms with Crippen LogP contribution in [0.4, 0.5) is 5.69 Å². The van der Waals surface area contributed by atoms with Crippen molar-refractivity contribution in [2.45, 2.75) is 43.9 Å². The second-order valence-corrected chi connectivity index (χ2v) is 10.1. The molecular weight excluding hydrogens is 408 g/mol. The zero-order valence-corrected chi connectivity index (χ0v) is 18.1. The molecule has 0 N–H and O–H groups in total. The number of hydrogen-bond acceptors (Lipinski definition) is 3. The number of aryl methyl sites for hydroxylation is 2. The van der Waals surface area contributed by atoms with Crippen LogP contribution in [0, 0.1) is 6.92 Å². The average molecular weight is 433 g/mol. The zero-order valence-electron chi connectivity index (χ0n) is 16.5. The van der Waals surface area contributed by atoms with Gasteiger partial charge >= 0.3 is 0 Å². The highest BCUT2D eigenvalue weighted by Crippen LogP contribution is 2.33. The zero-order chi connectivity index (χ0) is 20.6. The molecule has 0 atom stereocenters. The predicted molar refractivity (Wildman–Crippen MR) is 115 cm³/mol. The lowest BCUT2D eigenvalue weighted by Gasteiger charge is -2.31. The molecule has 7 heteroatoms. The molecule has 5 nitrogen and oxygen atoms in total. The summed E-state index contributed by atoms with van der Waals surface area (Å²) in [5, 5.41) is 0.155. The van der Waals surface area contributed by atoms with Crippen molar-refractivity contribution in [2.75, 3.05) is 24.5 Å². The third-order valence-electron chi connectivity index (χ3n) is 5.78. The number of hydrogen-bond donors (Lipinski definition) is 0. The lowest BCUT2D eigenvalue weighted by Crippen LogP contribution is -2.37. The largest absolute Gasteiger partial charge is 0.308 e. The van der Waals surface area contributed by atoms with Gasteiger partial charge in [0.1, 0.15) is 4.90 Å². The Labute approximate surface area is 177 Å². The lowest BCUT2D eigenvalue weighted by molar-refractivity contribution is 0.0984. The smallest absolute Gasteiger partial charge is 0.258 e. The molecule has 1 fully saturated rings. The lowest BCUT2D eigenvalue weighted by atomic mass is 9.97. The van der Waals surface area contributed by atoms with Crippen LogP contribution >= 0.6 is 11.6 Å². The first-order valence-electron chi connectivity index (χ1n) is 10.1. The van der Waals surface area contributed by atoms with Gasteiger partial charge in [0.25, 0.3) is 5.91 Å². The topological polar surface area (TPSA) is 57.7 Å². The van der Waals surface area contributed by atoms with Crippen molar-refractivity contribution in [2.24, 2.45) is 0 Å². The highest BCUT2D eigenvalue weighted by molar-refractivity contribution is 7.89. The van der Waals surface area contributed by atoms with Crippen LogP contribution in [0.15, 0.2) is 41.3 Å². The standard InChI is InChI=1S/C22H25ClN2O3S/c1-16-7-5-8-17-9-6-14-25(21(16)17)22(26)18-10-11-19(23)20(15-18)29(27,28)24-12-3-2-4-13-24/h5,7-8,10-11,15H,2-4,6,9,12-14H2,1H3. The van der Waals surface area contributed by atoms with E-state index in [2.05, 4.69) is 6.07 Å². The van der Waals surface area contributed by atoms with Crippen LogP contribution < -0.4 is 4.90 Å². The number of nitrogens with zero attached hydrogens (tertiary/aromatic N) is 2. The van der Waals surface area contributed by atoms with E-state index in [-0.39, 0.29) is 15.8 Å². The van der Waals surface area contributed by atoms with Gasteiger partial charge in [-0.1, -0.05) is 36.2 Å². The van der Waals surface area contributed by atoms with Gasteiger partial charge in [-0.15, -0.1) is 0 Å². The Morgan fingerprint density at radius 1 is 1.00 bits per heavy atom. The molecule has 1 amide bonds. The van der Waals surface area contributed by atoms with E-state index in [9.17, 15) is 13.2 Å². The molecule has 2 aliphatic rings. The maximum absolute atomic E-state index is 13.4. The quantitative estimate of drug-likeness (QED) is 0.721. The number of piperidine rings is 1. The van der Waals surface area contributed by atoms with Crippen molar-refractivity contribution < 1.29 is 13.2 Å². The van der Waals surface area contributed by atoms with Crippen LogP contribution in [0.25, 0.3) is 0 Å². The molecule has 0 aliphatic carbocycles. The van der Waals surface area contributed by atoms with Gasteiger partial charge in [0.2, 0.25) is 10.0 Å². The van der Waals surface area contributed by atoms with Gasteiger partial charge in [-0.2, -0.15) is 4.31 Å². The molecule has 154 valence electrons. The number of carbonyl (C=O) groups is 1. The van der Waals surface area contributed by atoms with Crippen LogP contribution in [0.5, 0.6) is 0 Å². The molecular formula is C22H25ClN2O3S. The van der Waals surface area contributed by atoms with Crippen LogP contribution in [-0.4, -0.2) is 38.3 Å². The fourth-order valence-corrected chi connectivity index (χ4v) is 6.30. The molecule has 2 aromatic carbocycles. The number of rotatable bonds is 3. The van der Waals surface area contributed by atoms with Crippen molar-refractivity contribution in [1.82, 2.24) is 4.31 Å². The van der Waals surface area contributed by atoms with Gasteiger partial charge in [-0.3, -0.25) is 4.79 Å². The molecule has 2 aromatic rings. The Bertz CT molecular complexity index is 1050. The maximum atomic E-state index is 13.4. The van der Waals surface area contributed by atoms with E-state index in [4.69, 9.17) is 11.6 Å². The minimum atomic E-state index is -3.72. The molecule has 29 heavy (non-hydrogen) atoms. The molecule has 0 aromatic heterocycles. The van der Waals surface area contributed by atoms with Gasteiger partial charge in [-0.05, 0) is 61.9 Å². The van der Waals surface area contributed by atoms with E-state index >= 15 is 0 Å². The molecule has 0 bridgehead atoms. The highest BCUT2D eigenvalue weighted by atomic mass is 35.5. The first-order chi connectivity index (χ1) is 13.9. The summed E-state index contributed by atoms with van der Waals surface area (Å²) in [7, 11) is -3.72. The molecule has 2 heterocycles. The Balaban J connectivity index is 1.71. The Morgan fingerprint density at radius 2 is 1.76 bits per heavy atom. The number of anilines is 1. The molecule has 1 saturated heterocycles. The van der Waals surface area contributed by atoms with Crippen LogP contribution in [0.2, 0.25) is 5.02 Å². The third-order valence-corrected chi connectivity index (χ3v) is 8.16. The molecule has 2 aliphatic heterocycles. The number of halogens is 1. The number of carbonyl (C=O) groups excluding carboxylic acids is 1. The van der Waals surface area contributed by atoms with Crippen molar-refractivity contribution in [1.29, 1.82) is 0 Å². The summed E-state index contributed by atoms with van der Waals surface area (Å²) in [4.78, 5) is 15.2. The summed E-state index contributed by atoms with van der Waals surface area (Å²) in [6, 6.07) is 10.6. The molecule has 4 rings (SSSR count). The van der Waals surface area contributed by atoms with E-state index in [1.165, 1.54) is 16.4 Å². The van der Waals surface area contributed by atoms with Crippen molar-refractivity contribution in [3.8, 4) is 0 Å². The van der Waals surface area contributed by atoms with Crippen LogP contribution in [-0.2, 0) is 16.4 Å². The molecule has 0 spiro atoms. The first kappa shape index (κ1) is 20.4. The average Bonchev–Trinajstić information content (AvgIpc) is 2.74. The SMILES string of the molecule is Cc1cccc2c1N(C(=O)c1ccc(Cl)c(S(=O)(=O)N3CCCCC3)c1)CCC2. The number of para-hydroxylation sites is 1. The normalized spacial score (nSPS) is 17.8. The molecule has 0 radical (unpaired) electrons. The highest BCUT2D eigenvalue weighted by Gasteiger charge is 2.30. The Morgan fingerprint density at radius 3 is 2.52 bits per heavy atom. The van der Waals surface area contributed by atoms with Gasteiger partial charge in [0, 0.05) is 25.2 Å². The molecule has 0 saturated carbocycles. The Hall–Kier alpha value is -1.89. The van der Waals surface area contributed by atoms with Gasteiger partial charge in [0.15, 0.2) is 0 Å². The fourth-order valence-electron chi connectivity index (χ4n) is 4.28. The van der Waals surface area contributed by atoms with Crippen molar-refractivity contribution in [3.63, 3.8) is 0 Å². The first-order valence-corrected chi connectivity index (χ1v) is 11.9. The summed E-state index contributed by atoms with van der Waals surface area (Å²) < 4.78 is 27.7. The van der Waals surface area contributed by atoms with E-state index < -0.39 is 10.0 Å². The minimum absolute atomic E-state index is 0.0222. The fraction of sp³-hybridized carbons (Fsp3) is 0.409. The minimum Gasteiger partial charge on any atom is -0.308 e. The summed E-state index contributed by atoms with van der Waals surface area (Å²) in [5.74, 6) is -0.188. The number of amides is 1. The van der Waals surface area contributed by atoms with Crippen LogP contribution in [0.3, 0.4) is 0 Å². The summed E-state index contributed by atoms with van der Waals surface area (Å²) >= 11 is 6.27. The summed E-state index contributed by atoms with van der Waals surface area (Å²) in [6.45, 7) is 3.61.